The summed E-state index contributed by atoms with van der Waals surface area (Å²) in [6.07, 6.45) is -3.86. The van der Waals surface area contributed by atoms with E-state index in [1.807, 2.05) is 59.7 Å². The second-order valence-electron chi connectivity index (χ2n) is 25.9. The van der Waals surface area contributed by atoms with Crippen LogP contribution in [0.15, 0.2) is 70.8 Å². The third-order valence-electron chi connectivity index (χ3n) is 16.6. The first-order valence-electron chi connectivity index (χ1n) is 28.9. The monoisotopic (exact) mass is 1270 g/mol. The Kier molecular flexibility index (Phi) is 16.3. The standard InChI is InChI=1S/C30H34F3N7O4S.C30H32F3N7O3S/c1-28(2,3)44-27(43)39(12-17-4-5-22-21(8-17)37-26(42)40(22)13-23(34)41)18-6-7-29(10-18)14-38(15-29)24-20-9-19(11-30(31,32)33)45-25(20)36-16-35-24;1-28(2,3)43-27(42)39(13-18-5-6-23-22(9-18)37-26(41)40(23)17-34-4)19-7-8-29(11-19)14-38(15-29)24-21-10-20(12-30(31,32)33)44-25(21)36-16-35-24/h4-5,8-9,16,18H,6-7,10-15H2,1-3H3,(H2,34,41)(H,37,42);5-6,9-10,16,19H,7-8,11-15,17H2,1-3H3,(H,37,41). The van der Waals surface area contributed by atoms with Crippen LogP contribution in [0.3, 0.4) is 0 Å². The first kappa shape index (κ1) is 62.4. The van der Waals surface area contributed by atoms with E-state index in [1.54, 1.807) is 40.1 Å². The van der Waals surface area contributed by atoms with Gasteiger partial charge in [-0.25, -0.2) is 50.3 Å². The minimum atomic E-state index is -4.30. The number of rotatable bonds is 13. The molecule has 6 aromatic heterocycles. The summed E-state index contributed by atoms with van der Waals surface area (Å²) in [6, 6.07) is 13.7. The number of nitrogens with zero attached hydrogens (tertiary/aromatic N) is 11. The molecular formula is C60H66F6N14O7S2. The molecule has 4 fully saturated rings. The maximum atomic E-state index is 13.5. The predicted molar refractivity (Wildman–Crippen MR) is 323 cm³/mol. The Hall–Kier alpha value is -8.26. The van der Waals surface area contributed by atoms with Crippen molar-refractivity contribution < 1.29 is 50.2 Å². The van der Waals surface area contributed by atoms with Crippen LogP contribution < -0.4 is 26.9 Å². The van der Waals surface area contributed by atoms with Gasteiger partial charge in [0.2, 0.25) is 5.91 Å². The molecule has 0 radical (unpaired) electrons. The van der Waals surface area contributed by atoms with Crippen LogP contribution in [-0.2, 0) is 53.4 Å². The molecule has 8 aromatic rings. The van der Waals surface area contributed by atoms with Crippen LogP contribution in [0.25, 0.3) is 47.3 Å². The number of imidazole rings is 2. The van der Waals surface area contributed by atoms with Gasteiger partial charge in [-0.1, -0.05) is 12.1 Å². The highest BCUT2D eigenvalue weighted by molar-refractivity contribution is 7.19. The predicted octanol–water partition coefficient (Wildman–Crippen LogP) is 10.8. The topological polar surface area (TPSA) is 240 Å². The molecule has 2 saturated carbocycles. The van der Waals surface area contributed by atoms with Crippen molar-refractivity contribution in [1.29, 1.82) is 0 Å². The van der Waals surface area contributed by atoms with Crippen molar-refractivity contribution >= 4 is 94.9 Å². The lowest BCUT2D eigenvalue weighted by molar-refractivity contribution is -0.127. The van der Waals surface area contributed by atoms with E-state index in [4.69, 9.17) is 21.8 Å². The summed E-state index contributed by atoms with van der Waals surface area (Å²) in [7, 11) is 0. The molecule has 89 heavy (non-hydrogen) atoms. The second-order valence-corrected chi connectivity index (χ2v) is 28.1. The van der Waals surface area contributed by atoms with E-state index in [9.17, 15) is 50.3 Å². The number of primary amides is 1. The van der Waals surface area contributed by atoms with E-state index in [0.717, 1.165) is 72.3 Å². The van der Waals surface area contributed by atoms with Crippen molar-refractivity contribution in [1.82, 2.24) is 48.8 Å². The Morgan fingerprint density at radius 3 is 1.47 bits per heavy atom. The molecule has 4 aliphatic rings. The molecule has 2 aromatic carbocycles. The van der Waals surface area contributed by atoms with Gasteiger partial charge >= 0.3 is 35.9 Å². The Morgan fingerprint density at radius 1 is 0.663 bits per heavy atom. The van der Waals surface area contributed by atoms with E-state index in [0.29, 0.717) is 80.3 Å². The number of aromatic nitrogens is 8. The highest BCUT2D eigenvalue weighted by Gasteiger charge is 2.53. The van der Waals surface area contributed by atoms with Crippen molar-refractivity contribution in [3.05, 3.63) is 114 Å². The molecule has 21 nitrogen and oxygen atoms in total. The summed E-state index contributed by atoms with van der Waals surface area (Å²) in [4.78, 5) is 98.5. The largest absolute Gasteiger partial charge is 0.444 e. The molecule has 2 spiro atoms. The van der Waals surface area contributed by atoms with Crippen LogP contribution in [0, 0.1) is 17.4 Å². The summed E-state index contributed by atoms with van der Waals surface area (Å²) in [5, 5.41) is 1.26. The third kappa shape index (κ3) is 13.8. The maximum absolute atomic E-state index is 13.5. The van der Waals surface area contributed by atoms with E-state index in [-0.39, 0.29) is 64.7 Å². The molecule has 472 valence electrons. The number of carbonyl (C=O) groups excluding carboxylic acids is 3. The Bertz CT molecular complexity index is 4190. The van der Waals surface area contributed by atoms with E-state index < -0.39 is 60.2 Å². The molecule has 2 atom stereocenters. The van der Waals surface area contributed by atoms with E-state index in [1.165, 1.54) is 21.8 Å². The highest BCUT2D eigenvalue weighted by Crippen LogP contribution is 2.52. The number of anilines is 2. The van der Waals surface area contributed by atoms with Gasteiger partial charge in [0.25, 0.3) is 6.67 Å². The lowest BCUT2D eigenvalue weighted by atomic mass is 9.78. The zero-order chi connectivity index (χ0) is 63.8. The summed E-state index contributed by atoms with van der Waals surface area (Å²) in [5.41, 5.74) is 6.88. The van der Waals surface area contributed by atoms with Gasteiger partial charge in [-0.2, -0.15) is 26.3 Å². The van der Waals surface area contributed by atoms with Gasteiger partial charge in [-0.05, 0) is 128 Å². The smallest absolute Gasteiger partial charge is 0.410 e. The number of nitrogens with two attached hydrogens (primary N) is 1. The molecular weight excluding hydrogens is 1210 g/mol. The second kappa shape index (κ2) is 23.3. The number of benzene rings is 2. The number of hydrogen-bond donors (Lipinski definition) is 3. The number of carbonyl (C=O) groups is 3. The zero-order valence-corrected chi connectivity index (χ0v) is 51.3. The van der Waals surface area contributed by atoms with Crippen LogP contribution in [0.5, 0.6) is 0 Å². The minimum absolute atomic E-state index is 0.0564. The van der Waals surface area contributed by atoms with Gasteiger partial charge in [0.1, 0.15) is 51.7 Å². The number of aromatic amines is 2. The van der Waals surface area contributed by atoms with Gasteiger partial charge < -0.3 is 44.8 Å². The number of halogens is 6. The average molecular weight is 1270 g/mol. The Balaban J connectivity index is 0.000000184. The number of fused-ring (bicyclic) bond motifs is 4. The lowest BCUT2D eigenvalue weighted by Crippen LogP contribution is -2.56. The molecule has 12 rings (SSSR count). The van der Waals surface area contributed by atoms with Crippen molar-refractivity contribution in [3.63, 3.8) is 0 Å². The van der Waals surface area contributed by atoms with Gasteiger partial charge in [-0.3, -0.25) is 14.2 Å². The molecule has 3 amide bonds. The zero-order valence-electron chi connectivity index (χ0n) is 49.7. The number of alkyl halides is 6. The average Bonchev–Trinajstić information content (AvgIpc) is 1.70. The highest BCUT2D eigenvalue weighted by atomic mass is 32.1. The van der Waals surface area contributed by atoms with Crippen molar-refractivity contribution in [3.8, 4) is 0 Å². The number of nitrogens with one attached hydrogen (secondary N) is 2. The molecule has 0 bridgehead atoms. The molecule has 4 N–H and O–H groups in total. The first-order valence-corrected chi connectivity index (χ1v) is 30.6. The number of amides is 3. The number of hydrogen-bond acceptors (Lipinski definition) is 15. The lowest BCUT2D eigenvalue weighted by Gasteiger charge is -2.49. The fraction of sp³-hybridized carbons (Fsp3) is 0.500. The van der Waals surface area contributed by atoms with Crippen molar-refractivity contribution in [2.75, 3.05) is 36.0 Å². The molecule has 2 saturated heterocycles. The van der Waals surface area contributed by atoms with E-state index in [2.05, 4.69) is 44.5 Å². The van der Waals surface area contributed by atoms with Crippen LogP contribution in [-0.4, -0.2) is 129 Å². The van der Waals surface area contributed by atoms with Crippen molar-refractivity contribution in [2.45, 2.75) is 155 Å². The fourth-order valence-electron chi connectivity index (χ4n) is 13.0. The van der Waals surface area contributed by atoms with Crippen molar-refractivity contribution in [2.24, 2.45) is 16.6 Å². The molecule has 2 aliphatic heterocycles. The summed E-state index contributed by atoms with van der Waals surface area (Å²) < 4.78 is 92.3. The number of ether oxygens (including phenoxy) is 2. The van der Waals surface area contributed by atoms with Crippen LogP contribution in [0.2, 0.25) is 0 Å². The van der Waals surface area contributed by atoms with Gasteiger partial charge in [0, 0.05) is 71.9 Å². The normalized spacial score (nSPS) is 18.1. The van der Waals surface area contributed by atoms with Gasteiger partial charge in [-0.15, -0.1) is 22.7 Å². The quantitative estimate of drug-likeness (QED) is 0.0720. The molecule has 2 aliphatic carbocycles. The Labute approximate surface area is 513 Å². The van der Waals surface area contributed by atoms with Crippen LogP contribution in [0.4, 0.5) is 47.6 Å². The van der Waals surface area contributed by atoms with E-state index >= 15 is 0 Å². The minimum Gasteiger partial charge on any atom is -0.444 e. The molecule has 29 heteroatoms. The van der Waals surface area contributed by atoms with Gasteiger partial charge in [0.05, 0.1) is 45.7 Å². The fourth-order valence-corrected chi connectivity index (χ4v) is 15.0. The summed E-state index contributed by atoms with van der Waals surface area (Å²) >= 11 is 2.08. The maximum Gasteiger partial charge on any atom is 0.410 e. The number of H-pyrrole nitrogens is 2. The molecule has 2 unspecified atom stereocenters. The SMILES string of the molecule is CC(C)(C)OC(=O)N(Cc1ccc2c(c1)[nH]c(=O)n2CC(N)=O)C1CCC2(C1)CN(c1ncnc3sc(CC(F)(F)F)cc13)C2.[C-]#[N+]Cn1c(=O)[nH]c2cc(CN(C(=O)OC(C)(C)C)C3CCC4(C3)CN(c3ncnc5sc(CC(F)(F)F)cc35)C4)ccc21. The van der Waals surface area contributed by atoms with Gasteiger partial charge in [0.15, 0.2) is 0 Å². The molecule has 8 heterocycles. The summed E-state index contributed by atoms with van der Waals surface area (Å²) in [6.45, 7) is 21.0. The Morgan fingerprint density at radius 2 is 1.08 bits per heavy atom. The first-order chi connectivity index (χ1) is 41.8. The third-order valence-corrected chi connectivity index (χ3v) is 18.7. The van der Waals surface area contributed by atoms with Crippen LogP contribution in [0.1, 0.15) is 101 Å². The van der Waals surface area contributed by atoms with Crippen LogP contribution >= 0.6 is 22.7 Å². The summed E-state index contributed by atoms with van der Waals surface area (Å²) in [5.74, 6) is 0.645. The number of thiophene rings is 2.